The fourth-order valence-electron chi connectivity index (χ4n) is 1.89. The van der Waals surface area contributed by atoms with Gasteiger partial charge in [-0.05, 0) is 12.1 Å². The molecule has 1 fully saturated rings. The Morgan fingerprint density at radius 3 is 2.40 bits per heavy atom. The van der Waals surface area contributed by atoms with Crippen molar-refractivity contribution in [3.05, 3.63) is 38.9 Å². The molecule has 0 saturated carbocycles. The van der Waals surface area contributed by atoms with Crippen molar-refractivity contribution in [3.8, 4) is 0 Å². The molecular formula is C11H11ClN2O5S. The zero-order valence-corrected chi connectivity index (χ0v) is 11.9. The van der Waals surface area contributed by atoms with E-state index in [0.717, 1.165) is 6.07 Å². The van der Waals surface area contributed by atoms with Gasteiger partial charge in [0.1, 0.15) is 5.02 Å². The van der Waals surface area contributed by atoms with Crippen LogP contribution in [-0.4, -0.2) is 48.7 Å². The van der Waals surface area contributed by atoms with E-state index in [1.807, 2.05) is 0 Å². The van der Waals surface area contributed by atoms with Gasteiger partial charge in [0, 0.05) is 24.7 Å². The molecule has 7 nitrogen and oxygen atoms in total. The molecule has 0 bridgehead atoms. The Balaban J connectivity index is 2.18. The number of halogens is 1. The summed E-state index contributed by atoms with van der Waals surface area (Å²) < 4.78 is 22.6. The van der Waals surface area contributed by atoms with Crippen LogP contribution in [0, 0.1) is 10.1 Å². The molecule has 0 spiro atoms. The second kappa shape index (κ2) is 5.37. The van der Waals surface area contributed by atoms with Crippen LogP contribution in [0.1, 0.15) is 10.4 Å². The lowest BCUT2D eigenvalue weighted by Crippen LogP contribution is -2.43. The Morgan fingerprint density at radius 2 is 1.90 bits per heavy atom. The number of benzene rings is 1. The monoisotopic (exact) mass is 318 g/mol. The van der Waals surface area contributed by atoms with Gasteiger partial charge < -0.3 is 4.90 Å². The summed E-state index contributed by atoms with van der Waals surface area (Å²) in [7, 11) is -3.07. The van der Waals surface area contributed by atoms with E-state index in [4.69, 9.17) is 11.6 Å². The highest BCUT2D eigenvalue weighted by molar-refractivity contribution is 7.91. The zero-order chi connectivity index (χ0) is 14.9. The third kappa shape index (κ3) is 3.07. The van der Waals surface area contributed by atoms with Gasteiger partial charge in [-0.2, -0.15) is 0 Å². The van der Waals surface area contributed by atoms with E-state index < -0.39 is 14.8 Å². The topological polar surface area (TPSA) is 97.6 Å². The lowest BCUT2D eigenvalue weighted by atomic mass is 10.2. The third-order valence-electron chi connectivity index (χ3n) is 3.02. The van der Waals surface area contributed by atoms with E-state index >= 15 is 0 Å². The quantitative estimate of drug-likeness (QED) is 0.601. The average Bonchev–Trinajstić information content (AvgIpc) is 2.37. The second-order valence-electron chi connectivity index (χ2n) is 4.37. The fourth-order valence-corrected chi connectivity index (χ4v) is 3.34. The standard InChI is InChI=1S/C11H11ClN2O5S/c12-9-7-8(1-2-10(9)14(16)17)11(15)13-3-5-20(18,19)6-4-13/h1-2,7H,3-6H2. The predicted octanol–water partition coefficient (Wildman–Crippen LogP) is 1.12. The molecule has 1 saturated heterocycles. The highest BCUT2D eigenvalue weighted by Gasteiger charge is 2.26. The van der Waals surface area contributed by atoms with Gasteiger partial charge in [-0.1, -0.05) is 11.6 Å². The van der Waals surface area contributed by atoms with Gasteiger partial charge in [-0.25, -0.2) is 8.42 Å². The van der Waals surface area contributed by atoms with E-state index in [-0.39, 0.29) is 46.8 Å². The van der Waals surface area contributed by atoms with E-state index in [1.165, 1.54) is 17.0 Å². The summed E-state index contributed by atoms with van der Waals surface area (Å²) in [5.41, 5.74) is -0.0654. The third-order valence-corrected chi connectivity index (χ3v) is 4.93. The molecule has 1 amide bonds. The van der Waals surface area contributed by atoms with Crippen LogP contribution in [-0.2, 0) is 9.84 Å². The van der Waals surface area contributed by atoms with Crippen molar-refractivity contribution in [1.29, 1.82) is 0 Å². The summed E-state index contributed by atoms with van der Waals surface area (Å²) in [4.78, 5) is 23.5. The highest BCUT2D eigenvalue weighted by Crippen LogP contribution is 2.25. The minimum Gasteiger partial charge on any atom is -0.337 e. The Kier molecular flexibility index (Phi) is 3.96. The molecule has 20 heavy (non-hydrogen) atoms. The maximum absolute atomic E-state index is 12.1. The van der Waals surface area contributed by atoms with Crippen LogP contribution in [0.3, 0.4) is 0 Å². The Hall–Kier alpha value is -1.67. The minimum absolute atomic E-state index is 0.0700. The lowest BCUT2D eigenvalue weighted by Gasteiger charge is -2.26. The molecular weight excluding hydrogens is 308 g/mol. The van der Waals surface area contributed by atoms with Gasteiger partial charge in [-0.3, -0.25) is 14.9 Å². The normalized spacial score (nSPS) is 17.8. The highest BCUT2D eigenvalue weighted by atomic mass is 35.5. The Labute approximate surface area is 120 Å². The molecule has 0 N–H and O–H groups in total. The van der Waals surface area contributed by atoms with Crippen molar-refractivity contribution < 1.29 is 18.1 Å². The van der Waals surface area contributed by atoms with Crippen LogP contribution in [0.4, 0.5) is 5.69 Å². The number of hydrogen-bond acceptors (Lipinski definition) is 5. The van der Waals surface area contributed by atoms with Crippen molar-refractivity contribution in [2.45, 2.75) is 0 Å². The molecule has 9 heteroatoms. The van der Waals surface area contributed by atoms with Crippen molar-refractivity contribution in [1.82, 2.24) is 4.90 Å². The number of hydrogen-bond donors (Lipinski definition) is 0. The number of carbonyl (C=O) groups excluding carboxylic acids is 1. The minimum atomic E-state index is -3.07. The zero-order valence-electron chi connectivity index (χ0n) is 10.3. The van der Waals surface area contributed by atoms with Crippen LogP contribution in [0.5, 0.6) is 0 Å². The van der Waals surface area contributed by atoms with Gasteiger partial charge in [0.25, 0.3) is 11.6 Å². The molecule has 0 unspecified atom stereocenters. The molecule has 1 aliphatic heterocycles. The molecule has 0 radical (unpaired) electrons. The summed E-state index contributed by atoms with van der Waals surface area (Å²) in [6.07, 6.45) is 0. The lowest BCUT2D eigenvalue weighted by molar-refractivity contribution is -0.384. The fraction of sp³-hybridized carbons (Fsp3) is 0.364. The molecule has 1 aromatic carbocycles. The number of rotatable bonds is 2. The largest absolute Gasteiger partial charge is 0.337 e. The summed E-state index contributed by atoms with van der Waals surface area (Å²) in [6.45, 7) is 0.242. The van der Waals surface area contributed by atoms with Crippen molar-refractivity contribution in [2.75, 3.05) is 24.6 Å². The van der Waals surface area contributed by atoms with Gasteiger partial charge in [0.2, 0.25) is 0 Å². The molecule has 2 rings (SSSR count). The number of nitrogens with zero attached hydrogens (tertiary/aromatic N) is 2. The van der Waals surface area contributed by atoms with Crippen LogP contribution in [0.25, 0.3) is 0 Å². The first-order valence-electron chi connectivity index (χ1n) is 5.74. The first kappa shape index (κ1) is 14.7. The van der Waals surface area contributed by atoms with E-state index in [1.54, 1.807) is 0 Å². The summed E-state index contributed by atoms with van der Waals surface area (Å²) in [5, 5.41) is 10.5. The molecule has 0 aromatic heterocycles. The maximum atomic E-state index is 12.1. The molecule has 108 valence electrons. The maximum Gasteiger partial charge on any atom is 0.287 e. The second-order valence-corrected chi connectivity index (χ2v) is 7.08. The van der Waals surface area contributed by atoms with Crippen LogP contribution in [0.15, 0.2) is 18.2 Å². The first-order valence-corrected chi connectivity index (χ1v) is 7.94. The molecule has 0 atom stereocenters. The number of carbonyl (C=O) groups is 1. The Bertz CT molecular complexity index is 659. The molecule has 1 heterocycles. The average molecular weight is 319 g/mol. The summed E-state index contributed by atoms with van der Waals surface area (Å²) >= 11 is 5.74. The van der Waals surface area contributed by atoms with E-state index in [9.17, 15) is 23.3 Å². The summed E-state index contributed by atoms with van der Waals surface area (Å²) in [5.74, 6) is -0.518. The molecule has 1 aromatic rings. The van der Waals surface area contributed by atoms with Crippen LogP contribution >= 0.6 is 11.6 Å². The number of nitro groups is 1. The van der Waals surface area contributed by atoms with E-state index in [0.29, 0.717) is 0 Å². The van der Waals surface area contributed by atoms with Gasteiger partial charge in [0.05, 0.1) is 16.4 Å². The van der Waals surface area contributed by atoms with Crippen LogP contribution < -0.4 is 0 Å². The SMILES string of the molecule is O=C(c1ccc([N+](=O)[O-])c(Cl)c1)N1CCS(=O)(=O)CC1. The van der Waals surface area contributed by atoms with E-state index in [2.05, 4.69) is 0 Å². The smallest absolute Gasteiger partial charge is 0.287 e. The van der Waals surface area contributed by atoms with Gasteiger partial charge in [0.15, 0.2) is 9.84 Å². The number of amides is 1. The molecule has 0 aliphatic carbocycles. The van der Waals surface area contributed by atoms with Crippen molar-refractivity contribution >= 4 is 33.0 Å². The van der Waals surface area contributed by atoms with Crippen molar-refractivity contribution in [2.24, 2.45) is 0 Å². The number of sulfone groups is 1. The first-order chi connectivity index (χ1) is 9.30. The van der Waals surface area contributed by atoms with Gasteiger partial charge in [-0.15, -0.1) is 0 Å². The number of nitro benzene ring substituents is 1. The molecule has 1 aliphatic rings. The predicted molar refractivity (Wildman–Crippen MR) is 72.7 cm³/mol. The van der Waals surface area contributed by atoms with Crippen molar-refractivity contribution in [3.63, 3.8) is 0 Å². The van der Waals surface area contributed by atoms with Gasteiger partial charge >= 0.3 is 0 Å². The van der Waals surface area contributed by atoms with Crippen LogP contribution in [0.2, 0.25) is 5.02 Å². The Morgan fingerprint density at radius 1 is 1.30 bits per heavy atom. The summed E-state index contributed by atoms with van der Waals surface area (Å²) in [6, 6.07) is 3.71.